The van der Waals surface area contributed by atoms with Crippen LogP contribution in [0.3, 0.4) is 0 Å². The van der Waals surface area contributed by atoms with Crippen LogP contribution in [0.2, 0.25) is 0 Å². The van der Waals surface area contributed by atoms with Crippen LogP contribution in [0.5, 0.6) is 0 Å². The number of hydroxylamine groups is 2. The van der Waals surface area contributed by atoms with Crippen LogP contribution in [0.15, 0.2) is 30.3 Å². The Labute approximate surface area is 106 Å². The molecule has 0 saturated carbocycles. The van der Waals surface area contributed by atoms with Gasteiger partial charge in [-0.25, -0.2) is 5.06 Å². The minimum absolute atomic E-state index is 0.798. The van der Waals surface area contributed by atoms with Crippen molar-refractivity contribution in [2.75, 3.05) is 13.2 Å². The molecule has 0 radical (unpaired) electrons. The van der Waals surface area contributed by atoms with Crippen molar-refractivity contribution in [3.05, 3.63) is 35.9 Å². The molecule has 1 aliphatic heterocycles. The molecule has 0 unspecified atom stereocenters. The summed E-state index contributed by atoms with van der Waals surface area (Å²) in [6.07, 6.45) is 2.31. The SMILES string of the molecule is S=C(SCc1ccccc1)N1CCCCO1. The van der Waals surface area contributed by atoms with E-state index in [-0.39, 0.29) is 0 Å². The van der Waals surface area contributed by atoms with Gasteiger partial charge in [0.25, 0.3) is 0 Å². The van der Waals surface area contributed by atoms with Gasteiger partial charge in [-0.3, -0.25) is 4.84 Å². The summed E-state index contributed by atoms with van der Waals surface area (Å²) in [5.74, 6) is 0.916. The Kier molecular flexibility index (Phi) is 4.63. The van der Waals surface area contributed by atoms with E-state index in [0.717, 1.165) is 29.6 Å². The molecule has 4 heteroatoms. The third-order valence-corrected chi connectivity index (χ3v) is 3.90. The molecule has 1 fully saturated rings. The van der Waals surface area contributed by atoms with Gasteiger partial charge in [-0.05, 0) is 18.4 Å². The van der Waals surface area contributed by atoms with Crippen molar-refractivity contribution in [3.63, 3.8) is 0 Å². The van der Waals surface area contributed by atoms with Crippen LogP contribution in [-0.2, 0) is 10.6 Å². The third kappa shape index (κ3) is 3.47. The first kappa shape index (κ1) is 11.9. The lowest BCUT2D eigenvalue weighted by atomic mass is 10.2. The van der Waals surface area contributed by atoms with Gasteiger partial charge in [0.15, 0.2) is 4.32 Å². The second-order valence-corrected chi connectivity index (χ2v) is 5.29. The molecule has 1 saturated heterocycles. The highest BCUT2D eigenvalue weighted by molar-refractivity contribution is 8.22. The highest BCUT2D eigenvalue weighted by atomic mass is 32.2. The van der Waals surface area contributed by atoms with E-state index in [0.29, 0.717) is 0 Å². The van der Waals surface area contributed by atoms with Crippen molar-refractivity contribution >= 4 is 28.3 Å². The lowest BCUT2D eigenvalue weighted by Crippen LogP contribution is -2.32. The fourth-order valence-corrected chi connectivity index (χ4v) is 2.62. The van der Waals surface area contributed by atoms with Gasteiger partial charge in [0, 0.05) is 12.3 Å². The molecule has 16 heavy (non-hydrogen) atoms. The molecule has 0 amide bonds. The second-order valence-electron chi connectivity index (χ2n) is 3.68. The van der Waals surface area contributed by atoms with E-state index in [1.54, 1.807) is 11.8 Å². The van der Waals surface area contributed by atoms with E-state index >= 15 is 0 Å². The molecular weight excluding hydrogens is 238 g/mol. The van der Waals surface area contributed by atoms with Crippen LogP contribution in [-0.4, -0.2) is 22.5 Å². The Bertz CT molecular complexity index is 336. The van der Waals surface area contributed by atoms with Gasteiger partial charge in [-0.15, -0.1) is 0 Å². The molecule has 0 bridgehead atoms. The van der Waals surface area contributed by atoms with Crippen molar-refractivity contribution in [1.29, 1.82) is 0 Å². The van der Waals surface area contributed by atoms with Crippen molar-refractivity contribution in [2.24, 2.45) is 0 Å². The Morgan fingerprint density at radius 3 is 2.81 bits per heavy atom. The summed E-state index contributed by atoms with van der Waals surface area (Å²) in [5.41, 5.74) is 1.30. The van der Waals surface area contributed by atoms with Crippen molar-refractivity contribution in [1.82, 2.24) is 5.06 Å². The van der Waals surface area contributed by atoms with Crippen LogP contribution < -0.4 is 0 Å². The first-order valence-electron chi connectivity index (χ1n) is 5.47. The van der Waals surface area contributed by atoms with E-state index in [1.807, 2.05) is 11.1 Å². The van der Waals surface area contributed by atoms with E-state index in [2.05, 4.69) is 24.3 Å². The zero-order valence-electron chi connectivity index (χ0n) is 9.09. The molecule has 1 aromatic rings. The number of thiocarbonyl (C=S) groups is 1. The fraction of sp³-hybridized carbons (Fsp3) is 0.417. The van der Waals surface area contributed by atoms with E-state index in [4.69, 9.17) is 17.1 Å². The average molecular weight is 253 g/mol. The monoisotopic (exact) mass is 253 g/mol. The molecule has 0 N–H and O–H groups in total. The maximum absolute atomic E-state index is 5.50. The smallest absolute Gasteiger partial charge is 0.160 e. The van der Waals surface area contributed by atoms with Crippen LogP contribution in [0.4, 0.5) is 0 Å². The maximum Gasteiger partial charge on any atom is 0.160 e. The molecule has 0 atom stereocenters. The molecule has 2 nitrogen and oxygen atoms in total. The molecule has 0 spiro atoms. The van der Waals surface area contributed by atoms with Gasteiger partial charge in [-0.2, -0.15) is 0 Å². The van der Waals surface area contributed by atoms with Gasteiger partial charge >= 0.3 is 0 Å². The molecule has 1 aromatic carbocycles. The number of thioether (sulfide) groups is 1. The number of benzene rings is 1. The lowest BCUT2D eigenvalue weighted by molar-refractivity contribution is -0.118. The summed E-state index contributed by atoms with van der Waals surface area (Å²) in [7, 11) is 0. The lowest BCUT2D eigenvalue weighted by Gasteiger charge is -2.27. The molecule has 0 aromatic heterocycles. The van der Waals surface area contributed by atoms with Crippen molar-refractivity contribution in [2.45, 2.75) is 18.6 Å². The minimum Gasteiger partial charge on any atom is -0.272 e. The van der Waals surface area contributed by atoms with Gasteiger partial charge in [0.05, 0.1) is 6.61 Å². The second kappa shape index (κ2) is 6.23. The molecule has 2 rings (SSSR count). The van der Waals surface area contributed by atoms with Gasteiger partial charge < -0.3 is 0 Å². The summed E-state index contributed by atoms with van der Waals surface area (Å²) in [6, 6.07) is 10.4. The van der Waals surface area contributed by atoms with E-state index < -0.39 is 0 Å². The van der Waals surface area contributed by atoms with Crippen LogP contribution >= 0.6 is 24.0 Å². The number of nitrogens with zero attached hydrogens (tertiary/aromatic N) is 1. The average Bonchev–Trinajstić information content (AvgIpc) is 2.38. The standard InChI is InChI=1S/C12H15NOS2/c15-12(13-8-4-5-9-14-13)16-10-11-6-2-1-3-7-11/h1-3,6-7H,4-5,8-10H2. The van der Waals surface area contributed by atoms with Crippen LogP contribution in [0, 0.1) is 0 Å². The molecule has 86 valence electrons. The van der Waals surface area contributed by atoms with Gasteiger partial charge in [0.1, 0.15) is 0 Å². The van der Waals surface area contributed by atoms with Crippen molar-refractivity contribution in [3.8, 4) is 0 Å². The summed E-state index contributed by atoms with van der Waals surface area (Å²) >= 11 is 7.01. The Morgan fingerprint density at radius 2 is 2.12 bits per heavy atom. The molecule has 0 aliphatic carbocycles. The predicted molar refractivity (Wildman–Crippen MR) is 72.2 cm³/mol. The molecule has 1 aliphatic rings. The third-order valence-electron chi connectivity index (χ3n) is 2.41. The van der Waals surface area contributed by atoms with Crippen LogP contribution in [0.25, 0.3) is 0 Å². The van der Waals surface area contributed by atoms with Crippen molar-refractivity contribution < 1.29 is 4.84 Å². The minimum atomic E-state index is 0.798. The van der Waals surface area contributed by atoms with Gasteiger partial charge in [-0.1, -0.05) is 54.3 Å². The normalized spacial score (nSPS) is 16.1. The Hall–Kier alpha value is -0.580. The topological polar surface area (TPSA) is 12.5 Å². The Morgan fingerprint density at radius 1 is 1.31 bits per heavy atom. The van der Waals surface area contributed by atoms with E-state index in [9.17, 15) is 0 Å². The highest BCUT2D eigenvalue weighted by Crippen LogP contribution is 2.19. The predicted octanol–water partition coefficient (Wildman–Crippen LogP) is 3.23. The fourth-order valence-electron chi connectivity index (χ4n) is 1.53. The van der Waals surface area contributed by atoms with Gasteiger partial charge in [0.2, 0.25) is 0 Å². The van der Waals surface area contributed by atoms with E-state index in [1.165, 1.54) is 12.0 Å². The summed E-state index contributed by atoms with van der Waals surface area (Å²) in [6.45, 7) is 1.73. The zero-order chi connectivity index (χ0) is 11.2. The number of rotatable bonds is 2. The number of hydrogen-bond acceptors (Lipinski definition) is 3. The summed E-state index contributed by atoms with van der Waals surface area (Å²) in [5, 5.41) is 1.85. The summed E-state index contributed by atoms with van der Waals surface area (Å²) < 4.78 is 0.851. The first-order chi connectivity index (χ1) is 7.86. The first-order valence-corrected chi connectivity index (χ1v) is 6.87. The summed E-state index contributed by atoms with van der Waals surface area (Å²) in [4.78, 5) is 5.50. The molecular formula is C12H15NOS2. The highest BCUT2D eigenvalue weighted by Gasteiger charge is 2.14. The van der Waals surface area contributed by atoms with Crippen LogP contribution in [0.1, 0.15) is 18.4 Å². The maximum atomic E-state index is 5.50. The Balaban J connectivity index is 1.79. The number of hydrogen-bond donors (Lipinski definition) is 0. The quantitative estimate of drug-likeness (QED) is 0.750. The molecule has 1 heterocycles. The largest absolute Gasteiger partial charge is 0.272 e. The zero-order valence-corrected chi connectivity index (χ0v) is 10.7.